The van der Waals surface area contributed by atoms with Crippen molar-refractivity contribution in [3.63, 3.8) is 0 Å². The van der Waals surface area contributed by atoms with E-state index in [1.54, 1.807) is 29.5 Å². The number of aromatic nitrogens is 1. The molecule has 1 N–H and O–H groups in total. The summed E-state index contributed by atoms with van der Waals surface area (Å²) >= 11 is 7.62. The van der Waals surface area contributed by atoms with Crippen LogP contribution in [0.25, 0.3) is 0 Å². The maximum absolute atomic E-state index is 12.8. The van der Waals surface area contributed by atoms with Crippen molar-refractivity contribution in [1.29, 1.82) is 0 Å². The molecule has 0 unspecified atom stereocenters. The smallest absolute Gasteiger partial charge is 0.283 e. The molecule has 2 heterocycles. The van der Waals surface area contributed by atoms with E-state index in [1.165, 1.54) is 12.0 Å². The molecular formula is C19H24ClN3O2S. The molecule has 26 heavy (non-hydrogen) atoms. The van der Waals surface area contributed by atoms with Gasteiger partial charge in [0.15, 0.2) is 4.80 Å². The van der Waals surface area contributed by atoms with Crippen molar-refractivity contribution in [2.75, 3.05) is 20.2 Å². The Labute approximate surface area is 162 Å². The SMILES string of the molecule is COc1ccc(Cl)cc1C(=O)N=c1sc(C(C)(C)C)cn1CC1CNC1. The Balaban J connectivity index is 2.02. The topological polar surface area (TPSA) is 55.6 Å². The molecule has 0 bridgehead atoms. The maximum atomic E-state index is 12.8. The first-order valence-corrected chi connectivity index (χ1v) is 9.81. The lowest BCUT2D eigenvalue weighted by molar-refractivity contribution is 0.0994. The zero-order chi connectivity index (χ0) is 18.9. The number of methoxy groups -OCH3 is 1. The number of hydrogen-bond donors (Lipinski definition) is 1. The highest BCUT2D eigenvalue weighted by Crippen LogP contribution is 2.26. The van der Waals surface area contributed by atoms with E-state index in [4.69, 9.17) is 16.3 Å². The molecule has 0 radical (unpaired) electrons. The molecular weight excluding hydrogens is 370 g/mol. The summed E-state index contributed by atoms with van der Waals surface area (Å²) in [5, 5.41) is 3.77. The molecule has 2 aromatic rings. The summed E-state index contributed by atoms with van der Waals surface area (Å²) in [5.41, 5.74) is 0.386. The lowest BCUT2D eigenvalue weighted by Gasteiger charge is -2.27. The molecule has 140 valence electrons. The normalized spacial score (nSPS) is 15.8. The highest BCUT2D eigenvalue weighted by atomic mass is 35.5. The van der Waals surface area contributed by atoms with Crippen LogP contribution in [0.3, 0.4) is 0 Å². The molecule has 1 aromatic heterocycles. The molecule has 1 amide bonds. The lowest BCUT2D eigenvalue weighted by Crippen LogP contribution is -2.45. The average molecular weight is 394 g/mol. The summed E-state index contributed by atoms with van der Waals surface area (Å²) in [6, 6.07) is 4.99. The summed E-state index contributed by atoms with van der Waals surface area (Å²) in [4.78, 5) is 19.1. The van der Waals surface area contributed by atoms with Crippen molar-refractivity contribution in [2.24, 2.45) is 10.9 Å². The molecule has 1 aromatic carbocycles. The summed E-state index contributed by atoms with van der Waals surface area (Å²) < 4.78 is 7.39. The van der Waals surface area contributed by atoms with Crippen LogP contribution in [0.15, 0.2) is 29.4 Å². The third kappa shape index (κ3) is 4.19. The second kappa shape index (κ2) is 7.55. The quantitative estimate of drug-likeness (QED) is 0.865. The van der Waals surface area contributed by atoms with Gasteiger partial charge in [-0.15, -0.1) is 11.3 Å². The minimum Gasteiger partial charge on any atom is -0.496 e. The fraction of sp³-hybridized carbons (Fsp3) is 0.474. The highest BCUT2D eigenvalue weighted by molar-refractivity contribution is 7.09. The molecule has 1 fully saturated rings. The first-order valence-electron chi connectivity index (χ1n) is 8.62. The molecule has 1 saturated heterocycles. The number of nitrogens with zero attached hydrogens (tertiary/aromatic N) is 2. The minimum absolute atomic E-state index is 0.00877. The van der Waals surface area contributed by atoms with Gasteiger partial charge in [-0.25, -0.2) is 0 Å². The van der Waals surface area contributed by atoms with Crippen LogP contribution in [0.2, 0.25) is 5.02 Å². The van der Waals surface area contributed by atoms with Gasteiger partial charge in [0.2, 0.25) is 0 Å². The molecule has 7 heteroatoms. The van der Waals surface area contributed by atoms with Crippen molar-refractivity contribution in [3.8, 4) is 5.75 Å². The number of hydrogen-bond acceptors (Lipinski definition) is 4. The minimum atomic E-state index is -0.341. The van der Waals surface area contributed by atoms with Crippen LogP contribution in [-0.4, -0.2) is 30.7 Å². The van der Waals surface area contributed by atoms with Gasteiger partial charge in [0, 0.05) is 41.6 Å². The van der Waals surface area contributed by atoms with Crippen molar-refractivity contribution in [2.45, 2.75) is 32.7 Å². The second-order valence-corrected chi connectivity index (χ2v) is 9.01. The van der Waals surface area contributed by atoms with Crippen LogP contribution < -0.4 is 14.9 Å². The van der Waals surface area contributed by atoms with Crippen molar-refractivity contribution in [3.05, 3.63) is 44.7 Å². The molecule has 0 atom stereocenters. The molecule has 1 aliphatic heterocycles. The Morgan fingerprint density at radius 2 is 2.15 bits per heavy atom. The van der Waals surface area contributed by atoms with Gasteiger partial charge in [0.1, 0.15) is 5.75 Å². The molecule has 3 rings (SSSR count). The molecule has 0 spiro atoms. The summed E-state index contributed by atoms with van der Waals surface area (Å²) in [6.45, 7) is 9.36. The number of halogens is 1. The van der Waals surface area contributed by atoms with Crippen molar-refractivity contribution in [1.82, 2.24) is 9.88 Å². The number of carbonyl (C=O) groups is 1. The van der Waals surface area contributed by atoms with Gasteiger partial charge in [-0.2, -0.15) is 4.99 Å². The summed E-state index contributed by atoms with van der Waals surface area (Å²) in [5.74, 6) is 0.713. The molecule has 5 nitrogen and oxygen atoms in total. The van der Waals surface area contributed by atoms with E-state index in [2.05, 4.69) is 41.8 Å². The van der Waals surface area contributed by atoms with Crippen LogP contribution in [0.1, 0.15) is 36.0 Å². The Morgan fingerprint density at radius 1 is 1.42 bits per heavy atom. The average Bonchev–Trinajstić information content (AvgIpc) is 2.94. The van der Waals surface area contributed by atoms with E-state index in [9.17, 15) is 4.79 Å². The van der Waals surface area contributed by atoms with Gasteiger partial charge in [-0.1, -0.05) is 32.4 Å². The lowest BCUT2D eigenvalue weighted by atomic mass is 9.95. The van der Waals surface area contributed by atoms with E-state index < -0.39 is 0 Å². The molecule has 1 aliphatic rings. The van der Waals surface area contributed by atoms with E-state index >= 15 is 0 Å². The second-order valence-electron chi connectivity index (χ2n) is 7.57. The summed E-state index contributed by atoms with van der Waals surface area (Å²) in [7, 11) is 1.53. The van der Waals surface area contributed by atoms with E-state index in [0.717, 1.165) is 19.6 Å². The zero-order valence-electron chi connectivity index (χ0n) is 15.5. The first-order chi connectivity index (χ1) is 12.3. The molecule has 0 aliphatic carbocycles. The predicted molar refractivity (Wildman–Crippen MR) is 105 cm³/mol. The number of thiazole rings is 1. The van der Waals surface area contributed by atoms with Gasteiger partial charge >= 0.3 is 0 Å². The van der Waals surface area contributed by atoms with E-state index in [0.29, 0.717) is 27.1 Å². The largest absolute Gasteiger partial charge is 0.496 e. The fourth-order valence-electron chi connectivity index (χ4n) is 2.69. The summed E-state index contributed by atoms with van der Waals surface area (Å²) in [6.07, 6.45) is 2.13. The van der Waals surface area contributed by atoms with Gasteiger partial charge in [0.25, 0.3) is 5.91 Å². The van der Waals surface area contributed by atoms with Crippen LogP contribution >= 0.6 is 22.9 Å². The predicted octanol–water partition coefficient (Wildman–Crippen LogP) is 3.47. The maximum Gasteiger partial charge on any atom is 0.283 e. The van der Waals surface area contributed by atoms with Gasteiger partial charge in [0.05, 0.1) is 12.7 Å². The third-order valence-corrected chi connectivity index (χ3v) is 6.05. The Kier molecular flexibility index (Phi) is 5.55. The number of nitrogens with one attached hydrogen (secondary N) is 1. The zero-order valence-corrected chi connectivity index (χ0v) is 17.1. The number of amides is 1. The monoisotopic (exact) mass is 393 g/mol. The number of carbonyl (C=O) groups excluding carboxylic acids is 1. The number of benzene rings is 1. The Morgan fingerprint density at radius 3 is 2.73 bits per heavy atom. The van der Waals surface area contributed by atoms with Crippen LogP contribution in [0, 0.1) is 5.92 Å². The van der Waals surface area contributed by atoms with Crippen LogP contribution in [-0.2, 0) is 12.0 Å². The Bertz CT molecular complexity index is 876. The van der Waals surface area contributed by atoms with Crippen molar-refractivity contribution >= 4 is 28.8 Å². The van der Waals surface area contributed by atoms with Gasteiger partial charge in [-0.3, -0.25) is 4.79 Å². The van der Waals surface area contributed by atoms with Gasteiger partial charge < -0.3 is 14.6 Å². The van der Waals surface area contributed by atoms with E-state index in [-0.39, 0.29) is 11.3 Å². The number of rotatable bonds is 4. The van der Waals surface area contributed by atoms with Crippen LogP contribution in [0.4, 0.5) is 0 Å². The Hall–Kier alpha value is -1.63. The first kappa shape index (κ1) is 19.1. The highest BCUT2D eigenvalue weighted by Gasteiger charge is 2.22. The standard InChI is InChI=1S/C19H24ClN3O2S/c1-19(2,3)16-11-23(10-12-8-21-9-12)18(26-16)22-17(24)14-7-13(20)5-6-15(14)25-4/h5-7,11-12,21H,8-10H2,1-4H3. The van der Waals surface area contributed by atoms with E-state index in [1.807, 2.05) is 0 Å². The van der Waals surface area contributed by atoms with Crippen molar-refractivity contribution < 1.29 is 9.53 Å². The van der Waals surface area contributed by atoms with Gasteiger partial charge in [-0.05, 0) is 23.6 Å². The van der Waals surface area contributed by atoms with Crippen LogP contribution in [0.5, 0.6) is 5.75 Å². The third-order valence-electron chi connectivity index (χ3n) is 4.37. The number of ether oxygens (including phenoxy) is 1. The molecule has 0 saturated carbocycles. The fourth-order valence-corrected chi connectivity index (χ4v) is 3.92.